The fraction of sp³-hybridized carbons (Fsp3) is 0.0952. The molecular weight excluding hydrogens is 488 g/mol. The van der Waals surface area contributed by atoms with Crippen molar-refractivity contribution in [3.05, 3.63) is 74.9 Å². The van der Waals surface area contributed by atoms with Crippen LogP contribution in [-0.4, -0.2) is 30.1 Å². The smallest absolute Gasteiger partial charge is 0.465 e. The number of amides is 1. The summed E-state index contributed by atoms with van der Waals surface area (Å²) in [5.41, 5.74) is 0.258. The van der Waals surface area contributed by atoms with Crippen LogP contribution in [0.15, 0.2) is 58.1 Å². The molecule has 0 aliphatic carbocycles. The zero-order chi connectivity index (χ0) is 24.3. The Morgan fingerprint density at radius 1 is 1.00 bits per heavy atom. The highest BCUT2D eigenvalue weighted by Crippen LogP contribution is 2.31. The molecule has 0 bridgehead atoms. The molecule has 2 aromatic heterocycles. The monoisotopic (exact) mass is 500 g/mol. The molecule has 0 fully saturated rings. The molecule has 2 heterocycles. The lowest BCUT2D eigenvalue weighted by molar-refractivity contribution is -0.167. The molecule has 0 saturated heterocycles. The van der Waals surface area contributed by atoms with E-state index >= 15 is 0 Å². The number of benzene rings is 2. The second kappa shape index (κ2) is 9.55. The van der Waals surface area contributed by atoms with Crippen molar-refractivity contribution in [1.29, 1.82) is 0 Å². The van der Waals surface area contributed by atoms with Crippen LogP contribution in [0.4, 0.5) is 18.9 Å². The van der Waals surface area contributed by atoms with E-state index in [4.69, 9.17) is 23.2 Å². The molecule has 0 saturated carbocycles. The molecule has 0 aliphatic heterocycles. The minimum absolute atomic E-state index is 0.0179. The summed E-state index contributed by atoms with van der Waals surface area (Å²) >= 11 is 11.7. The molecule has 33 heavy (non-hydrogen) atoms. The second-order valence-electron chi connectivity index (χ2n) is 6.40. The predicted molar refractivity (Wildman–Crippen MR) is 117 cm³/mol. The van der Waals surface area contributed by atoms with E-state index < -0.39 is 17.7 Å². The Bertz CT molecular complexity index is 1410. The minimum atomic E-state index is -5.05. The van der Waals surface area contributed by atoms with Gasteiger partial charge in [-0.05, 0) is 36.4 Å². The van der Waals surface area contributed by atoms with Crippen LogP contribution in [0.2, 0.25) is 10.0 Å². The number of ether oxygens (including phenoxy) is 1. The number of carbonyl (C=O) groups is 2. The molecule has 172 valence electrons. The van der Waals surface area contributed by atoms with Gasteiger partial charge in [0.25, 0.3) is 0 Å². The maximum absolute atomic E-state index is 12.2. The number of anilines is 1. The lowest BCUT2D eigenvalue weighted by Gasteiger charge is -2.11. The molecule has 1 amide bonds. The average molecular weight is 501 g/mol. The number of aromatic amines is 1. The molecule has 4 rings (SSSR count). The van der Waals surface area contributed by atoms with Crippen LogP contribution in [0.3, 0.4) is 0 Å². The number of alkyl halides is 3. The van der Waals surface area contributed by atoms with Gasteiger partial charge in [0, 0.05) is 17.0 Å². The zero-order valence-corrected chi connectivity index (χ0v) is 18.1. The summed E-state index contributed by atoms with van der Waals surface area (Å²) in [6, 6.07) is 8.87. The van der Waals surface area contributed by atoms with Crippen LogP contribution >= 0.6 is 23.2 Å². The number of halogens is 5. The van der Waals surface area contributed by atoms with Gasteiger partial charge >= 0.3 is 23.7 Å². The van der Waals surface area contributed by atoms with E-state index in [0.29, 0.717) is 10.6 Å². The van der Waals surface area contributed by atoms with E-state index in [1.165, 1.54) is 25.3 Å². The number of H-pyrrole nitrogens is 1. The van der Waals surface area contributed by atoms with Crippen LogP contribution in [0.1, 0.15) is 10.4 Å². The number of methoxy groups -OCH3 is 1. The Labute approximate surface area is 193 Å². The fourth-order valence-electron chi connectivity index (χ4n) is 2.89. The van der Waals surface area contributed by atoms with Crippen molar-refractivity contribution < 1.29 is 31.9 Å². The van der Waals surface area contributed by atoms with Gasteiger partial charge in [-0.2, -0.15) is 13.2 Å². The van der Waals surface area contributed by atoms with Gasteiger partial charge in [-0.3, -0.25) is 4.79 Å². The summed E-state index contributed by atoms with van der Waals surface area (Å²) in [5.74, 6) is -2.53. The first-order valence-corrected chi connectivity index (χ1v) is 9.72. The number of rotatable bonds is 2. The molecule has 2 aromatic carbocycles. The van der Waals surface area contributed by atoms with Crippen LogP contribution in [0.25, 0.3) is 21.7 Å². The Kier molecular flexibility index (Phi) is 6.99. The first-order valence-electron chi connectivity index (χ1n) is 8.96. The molecule has 0 radical (unpaired) electrons. The van der Waals surface area contributed by atoms with E-state index in [0.717, 1.165) is 17.2 Å². The molecule has 0 spiro atoms. The van der Waals surface area contributed by atoms with Crippen molar-refractivity contribution in [2.75, 3.05) is 12.4 Å². The number of esters is 1. The maximum atomic E-state index is 12.2. The van der Waals surface area contributed by atoms with Crippen LogP contribution in [-0.2, 0) is 9.53 Å². The SMILES string of the molecule is COC(=O)c1ccc(Cl)c2[nH]ccc12.O=C(Nc1c(Cl)ccc2c(=O)occc12)C(F)(F)F. The van der Waals surface area contributed by atoms with Crippen molar-refractivity contribution in [3.8, 4) is 0 Å². The van der Waals surface area contributed by atoms with Crippen molar-refractivity contribution >= 4 is 62.4 Å². The van der Waals surface area contributed by atoms with E-state index in [-0.39, 0.29) is 27.5 Å². The summed E-state index contributed by atoms with van der Waals surface area (Å²) in [6.45, 7) is 0. The molecule has 0 aliphatic rings. The molecule has 0 atom stereocenters. The van der Waals surface area contributed by atoms with Crippen LogP contribution in [0, 0.1) is 0 Å². The average Bonchev–Trinajstić information content (AvgIpc) is 3.26. The lowest BCUT2D eigenvalue weighted by Crippen LogP contribution is -2.30. The zero-order valence-electron chi connectivity index (χ0n) is 16.5. The molecular formula is C21H13Cl2F3N2O5. The van der Waals surface area contributed by atoms with Crippen molar-refractivity contribution in [2.45, 2.75) is 6.18 Å². The predicted octanol–water partition coefficient (Wildman–Crippen LogP) is 5.56. The number of carbonyl (C=O) groups excluding carboxylic acids is 2. The molecule has 12 heteroatoms. The normalized spacial score (nSPS) is 11.1. The lowest BCUT2D eigenvalue weighted by atomic mass is 10.1. The van der Waals surface area contributed by atoms with Crippen molar-refractivity contribution in [2.24, 2.45) is 0 Å². The highest BCUT2D eigenvalue weighted by molar-refractivity contribution is 6.36. The van der Waals surface area contributed by atoms with Crippen molar-refractivity contribution in [3.63, 3.8) is 0 Å². The number of hydrogen-bond donors (Lipinski definition) is 2. The Morgan fingerprint density at radius 2 is 1.70 bits per heavy atom. The summed E-state index contributed by atoms with van der Waals surface area (Å²) in [5, 5.41) is 2.99. The third-order valence-electron chi connectivity index (χ3n) is 4.40. The second-order valence-corrected chi connectivity index (χ2v) is 7.21. The maximum Gasteiger partial charge on any atom is 0.471 e. The quantitative estimate of drug-likeness (QED) is 0.351. The highest BCUT2D eigenvalue weighted by Gasteiger charge is 2.39. The van der Waals surface area contributed by atoms with Gasteiger partial charge in [0.05, 0.1) is 45.6 Å². The van der Waals surface area contributed by atoms with E-state index in [2.05, 4.69) is 14.1 Å². The topological polar surface area (TPSA) is 101 Å². The van der Waals surface area contributed by atoms with E-state index in [9.17, 15) is 27.6 Å². The summed E-state index contributed by atoms with van der Waals surface area (Å²) in [6.07, 6.45) is -2.31. The van der Waals surface area contributed by atoms with Crippen LogP contribution in [0.5, 0.6) is 0 Å². The highest BCUT2D eigenvalue weighted by atomic mass is 35.5. The first-order chi connectivity index (χ1) is 15.5. The summed E-state index contributed by atoms with van der Waals surface area (Å²) in [4.78, 5) is 36.6. The standard InChI is InChI=1S/C11H5ClF3NO3.C10H8ClNO2/c12-7-2-1-6-5(3-4-19-9(6)17)8(7)16-10(18)11(13,14)15;1-14-10(13)7-2-3-8(11)9-6(7)4-5-12-9/h1-4H,(H,16,18);2-5,12H,1H3. The van der Waals surface area contributed by atoms with Crippen LogP contribution < -0.4 is 10.9 Å². The van der Waals surface area contributed by atoms with Gasteiger partial charge in [0.15, 0.2) is 0 Å². The van der Waals surface area contributed by atoms with E-state index in [1.807, 2.05) is 0 Å². The van der Waals surface area contributed by atoms with Gasteiger partial charge in [-0.1, -0.05) is 23.2 Å². The third kappa shape index (κ3) is 5.12. The van der Waals surface area contributed by atoms with Gasteiger partial charge < -0.3 is 19.5 Å². The first kappa shape index (κ1) is 24.1. The number of aromatic nitrogens is 1. The third-order valence-corrected chi connectivity index (χ3v) is 5.03. The fourth-order valence-corrected chi connectivity index (χ4v) is 3.32. The van der Waals surface area contributed by atoms with Gasteiger partial charge in [0.1, 0.15) is 0 Å². The summed E-state index contributed by atoms with van der Waals surface area (Å²) < 4.78 is 45.9. The Balaban J connectivity index is 0.000000194. The number of nitrogens with one attached hydrogen (secondary N) is 2. The largest absolute Gasteiger partial charge is 0.471 e. The molecule has 4 aromatic rings. The van der Waals surface area contributed by atoms with Crippen molar-refractivity contribution in [1.82, 2.24) is 4.98 Å². The molecule has 2 N–H and O–H groups in total. The van der Waals surface area contributed by atoms with Gasteiger partial charge in [-0.15, -0.1) is 0 Å². The van der Waals surface area contributed by atoms with E-state index in [1.54, 1.807) is 29.7 Å². The Morgan fingerprint density at radius 3 is 2.36 bits per heavy atom. The minimum Gasteiger partial charge on any atom is -0.465 e. The molecule has 7 nitrogen and oxygen atoms in total. The number of hydrogen-bond acceptors (Lipinski definition) is 5. The van der Waals surface area contributed by atoms with Gasteiger partial charge in [-0.25, -0.2) is 9.59 Å². The number of fused-ring (bicyclic) bond motifs is 2. The summed E-state index contributed by atoms with van der Waals surface area (Å²) in [7, 11) is 1.36. The molecule has 0 unspecified atom stereocenters. The van der Waals surface area contributed by atoms with Gasteiger partial charge in [0.2, 0.25) is 0 Å². The Hall–Kier alpha value is -3.50.